The molecule has 2 heteroatoms. The number of benzene rings is 8. The maximum Gasteiger partial charge on any atom is 0.135 e. The highest BCUT2D eigenvalue weighted by Gasteiger charge is 2.36. The van der Waals surface area contributed by atoms with Crippen molar-refractivity contribution in [2.75, 3.05) is 0 Å². The van der Waals surface area contributed by atoms with Crippen LogP contribution in [0.2, 0.25) is 0 Å². The number of rotatable bonds is 2. The molecule has 0 atom stereocenters. The molecule has 2 nitrogen and oxygen atoms in total. The van der Waals surface area contributed by atoms with E-state index in [1.54, 1.807) is 0 Å². The molecule has 2 aromatic heterocycles. The van der Waals surface area contributed by atoms with Crippen LogP contribution in [0.25, 0.3) is 93.2 Å². The Labute approximate surface area is 283 Å². The van der Waals surface area contributed by atoms with Gasteiger partial charge in [0.15, 0.2) is 0 Å². The van der Waals surface area contributed by atoms with Crippen LogP contribution in [0, 0.1) is 0 Å². The summed E-state index contributed by atoms with van der Waals surface area (Å²) in [6, 6.07) is 55.7. The largest absolute Gasteiger partial charge is 0.456 e. The van der Waals surface area contributed by atoms with Gasteiger partial charge in [-0.25, -0.2) is 0 Å². The van der Waals surface area contributed by atoms with Crippen LogP contribution in [0.4, 0.5) is 0 Å². The van der Waals surface area contributed by atoms with Crippen molar-refractivity contribution in [3.63, 3.8) is 0 Å². The summed E-state index contributed by atoms with van der Waals surface area (Å²) in [5.74, 6) is 0. The van der Waals surface area contributed by atoms with Crippen molar-refractivity contribution in [2.45, 2.75) is 19.3 Å². The lowest BCUT2D eigenvalue weighted by Crippen LogP contribution is -2.14. The molecule has 8 aromatic carbocycles. The van der Waals surface area contributed by atoms with Crippen molar-refractivity contribution in [3.8, 4) is 27.9 Å². The van der Waals surface area contributed by atoms with Gasteiger partial charge < -0.3 is 8.98 Å². The minimum absolute atomic E-state index is 0.0920. The van der Waals surface area contributed by atoms with Gasteiger partial charge in [-0.15, -0.1) is 0 Å². The molecule has 0 aliphatic heterocycles. The molecule has 2 heterocycles. The van der Waals surface area contributed by atoms with Gasteiger partial charge in [0.2, 0.25) is 0 Å². The van der Waals surface area contributed by atoms with E-state index in [-0.39, 0.29) is 5.41 Å². The molecule has 230 valence electrons. The molecule has 0 amide bonds. The third-order valence-corrected chi connectivity index (χ3v) is 11.2. The molecular formula is C47H31NO. The first-order chi connectivity index (χ1) is 24.1. The van der Waals surface area contributed by atoms with E-state index in [4.69, 9.17) is 4.42 Å². The fraction of sp³-hybridized carbons (Fsp3) is 0.0638. The zero-order valence-corrected chi connectivity index (χ0v) is 27.3. The average molecular weight is 626 g/mol. The monoisotopic (exact) mass is 625 g/mol. The molecule has 49 heavy (non-hydrogen) atoms. The van der Waals surface area contributed by atoms with Crippen LogP contribution in [0.5, 0.6) is 0 Å². The van der Waals surface area contributed by atoms with Crippen LogP contribution in [0.1, 0.15) is 25.0 Å². The zero-order valence-electron chi connectivity index (χ0n) is 27.3. The Balaban J connectivity index is 1.21. The molecule has 0 N–H and O–H groups in total. The summed E-state index contributed by atoms with van der Waals surface area (Å²) in [5.41, 5.74) is 13.3. The van der Waals surface area contributed by atoms with Crippen molar-refractivity contribution in [1.82, 2.24) is 4.57 Å². The Morgan fingerprint density at radius 2 is 1.08 bits per heavy atom. The van der Waals surface area contributed by atoms with E-state index < -0.39 is 0 Å². The maximum atomic E-state index is 6.12. The van der Waals surface area contributed by atoms with Gasteiger partial charge in [-0.3, -0.25) is 0 Å². The van der Waals surface area contributed by atoms with E-state index in [9.17, 15) is 0 Å². The second-order valence-corrected chi connectivity index (χ2v) is 14.1. The molecule has 0 fully saturated rings. The van der Waals surface area contributed by atoms with Gasteiger partial charge in [0.05, 0.1) is 11.0 Å². The van der Waals surface area contributed by atoms with Crippen LogP contribution >= 0.6 is 0 Å². The number of hydrogen-bond donors (Lipinski definition) is 0. The second kappa shape index (κ2) is 9.49. The predicted octanol–water partition coefficient (Wildman–Crippen LogP) is 13.0. The zero-order chi connectivity index (χ0) is 32.4. The molecule has 0 saturated heterocycles. The third-order valence-electron chi connectivity index (χ3n) is 11.2. The molecule has 1 aliphatic carbocycles. The second-order valence-electron chi connectivity index (χ2n) is 14.1. The molecule has 10 aromatic rings. The number of para-hydroxylation sites is 1. The molecule has 0 spiro atoms. The first-order valence-corrected chi connectivity index (χ1v) is 17.1. The molecule has 0 saturated carbocycles. The Morgan fingerprint density at radius 1 is 0.449 bits per heavy atom. The van der Waals surface area contributed by atoms with Crippen molar-refractivity contribution < 1.29 is 4.42 Å². The summed E-state index contributed by atoms with van der Waals surface area (Å²) in [6.07, 6.45) is 0. The van der Waals surface area contributed by atoms with Crippen molar-refractivity contribution in [1.29, 1.82) is 0 Å². The van der Waals surface area contributed by atoms with Crippen molar-refractivity contribution >= 4 is 65.3 Å². The molecule has 0 bridgehead atoms. The van der Waals surface area contributed by atoms with Crippen LogP contribution in [-0.2, 0) is 5.41 Å². The summed E-state index contributed by atoms with van der Waals surface area (Å²) < 4.78 is 8.65. The average Bonchev–Trinajstić information content (AvgIpc) is 3.77. The number of furan rings is 1. The standard InChI is InChI=1S/C47H31NO/c1-47(2)40-17-9-7-13-33(40)37-26-39-42(27-41(37)47)48(46-36-16-6-4-12-32(36)31-11-3-5-15-35(31)45(39)46)30-22-19-28(20-23-30)29-21-24-44-38(25-29)34-14-8-10-18-43(34)49-44/h3-27H,1-2H3. The Hall–Kier alpha value is -6.12. The number of fused-ring (bicyclic) bond motifs is 14. The first kappa shape index (κ1) is 26.9. The van der Waals surface area contributed by atoms with Gasteiger partial charge in [0.1, 0.15) is 11.2 Å². The highest BCUT2D eigenvalue weighted by atomic mass is 16.3. The van der Waals surface area contributed by atoms with E-state index in [2.05, 4.69) is 158 Å². The number of aromatic nitrogens is 1. The van der Waals surface area contributed by atoms with Crippen molar-refractivity contribution in [3.05, 3.63) is 163 Å². The Kier molecular flexibility index (Phi) is 5.21. The third kappa shape index (κ3) is 3.55. The molecular weight excluding hydrogens is 595 g/mol. The highest BCUT2D eigenvalue weighted by Crippen LogP contribution is 2.52. The van der Waals surface area contributed by atoms with E-state index in [1.807, 2.05) is 12.1 Å². The van der Waals surface area contributed by atoms with Gasteiger partial charge in [0, 0.05) is 38.0 Å². The van der Waals surface area contributed by atoms with Crippen LogP contribution < -0.4 is 0 Å². The topological polar surface area (TPSA) is 18.1 Å². The Morgan fingerprint density at radius 3 is 1.90 bits per heavy atom. The molecule has 11 rings (SSSR count). The summed E-state index contributed by atoms with van der Waals surface area (Å²) in [6.45, 7) is 4.74. The lowest BCUT2D eigenvalue weighted by Gasteiger charge is -2.21. The van der Waals surface area contributed by atoms with Gasteiger partial charge in [-0.1, -0.05) is 123 Å². The molecule has 1 aliphatic rings. The minimum Gasteiger partial charge on any atom is -0.456 e. The fourth-order valence-corrected chi connectivity index (χ4v) is 8.85. The quantitative estimate of drug-likeness (QED) is 0.175. The van der Waals surface area contributed by atoms with E-state index in [0.29, 0.717) is 0 Å². The van der Waals surface area contributed by atoms with Crippen LogP contribution in [-0.4, -0.2) is 4.57 Å². The smallest absolute Gasteiger partial charge is 0.135 e. The Bertz CT molecular complexity index is 3010. The van der Waals surface area contributed by atoms with E-state index in [1.165, 1.54) is 76.7 Å². The van der Waals surface area contributed by atoms with Gasteiger partial charge >= 0.3 is 0 Å². The van der Waals surface area contributed by atoms with E-state index in [0.717, 1.165) is 27.6 Å². The normalized spacial score (nSPS) is 13.7. The molecule has 0 radical (unpaired) electrons. The summed E-state index contributed by atoms with van der Waals surface area (Å²) in [7, 11) is 0. The van der Waals surface area contributed by atoms with E-state index >= 15 is 0 Å². The number of hydrogen-bond acceptors (Lipinski definition) is 1. The lowest BCUT2D eigenvalue weighted by atomic mass is 9.82. The van der Waals surface area contributed by atoms with Crippen LogP contribution in [0.3, 0.4) is 0 Å². The number of nitrogens with zero attached hydrogens (tertiary/aromatic N) is 1. The van der Waals surface area contributed by atoms with Gasteiger partial charge in [-0.2, -0.15) is 0 Å². The fourth-order valence-electron chi connectivity index (χ4n) is 8.85. The summed E-state index contributed by atoms with van der Waals surface area (Å²) in [4.78, 5) is 0. The van der Waals surface area contributed by atoms with Crippen molar-refractivity contribution in [2.24, 2.45) is 0 Å². The summed E-state index contributed by atoms with van der Waals surface area (Å²) >= 11 is 0. The minimum atomic E-state index is -0.0920. The van der Waals surface area contributed by atoms with Gasteiger partial charge in [-0.05, 0) is 92.0 Å². The van der Waals surface area contributed by atoms with Crippen LogP contribution in [0.15, 0.2) is 156 Å². The highest BCUT2D eigenvalue weighted by molar-refractivity contribution is 6.32. The lowest BCUT2D eigenvalue weighted by molar-refractivity contribution is 0.661. The maximum absolute atomic E-state index is 6.12. The SMILES string of the molecule is CC1(C)c2ccccc2-c2cc3c4c5ccccc5c5ccccc5c4n(-c4ccc(-c5ccc6oc7ccccc7c6c5)cc4)c3cc21. The van der Waals surface area contributed by atoms with Gasteiger partial charge in [0.25, 0.3) is 0 Å². The molecule has 0 unspecified atom stereocenters. The first-order valence-electron chi connectivity index (χ1n) is 17.1. The predicted molar refractivity (Wildman–Crippen MR) is 206 cm³/mol. The summed E-state index contributed by atoms with van der Waals surface area (Å²) in [5, 5.41) is 10.1.